The number of halogens is 1. The molecule has 1 unspecified atom stereocenters. The Morgan fingerprint density at radius 3 is 2.69 bits per heavy atom. The van der Waals surface area contributed by atoms with Gasteiger partial charge in [-0.25, -0.2) is 4.79 Å². The average Bonchev–Trinajstić information content (AvgIpc) is 3.05. The monoisotopic (exact) mass is 418 g/mol. The number of benzene rings is 2. The zero-order valence-corrected chi connectivity index (χ0v) is 16.3. The highest BCUT2D eigenvalue weighted by Gasteiger charge is 2.16. The first-order valence-corrected chi connectivity index (χ1v) is 9.00. The maximum absolute atomic E-state index is 11.6. The third-order valence-electron chi connectivity index (χ3n) is 3.78. The van der Waals surface area contributed by atoms with E-state index >= 15 is 0 Å². The molecule has 0 aliphatic rings. The molecule has 1 atom stereocenters. The van der Waals surface area contributed by atoms with Gasteiger partial charge < -0.3 is 13.9 Å². The number of ether oxygens (including phenoxy) is 2. The number of nitrogens with zero attached hydrogens (tertiary/aromatic N) is 2. The molecule has 0 spiro atoms. The van der Waals surface area contributed by atoms with E-state index in [-0.39, 0.29) is 5.97 Å². The Kier molecular flexibility index (Phi) is 5.46. The van der Waals surface area contributed by atoms with E-state index in [1.807, 2.05) is 42.3 Å². The highest BCUT2D eigenvalue weighted by molar-refractivity contribution is 9.10. The summed E-state index contributed by atoms with van der Waals surface area (Å²) in [6.45, 7) is 3.76. The number of rotatable bonds is 6. The number of hydrogen-bond acceptors (Lipinski definition) is 6. The molecule has 0 radical (unpaired) electrons. The van der Waals surface area contributed by atoms with E-state index in [2.05, 4.69) is 20.9 Å². The van der Waals surface area contributed by atoms with Gasteiger partial charge in [-0.05, 0) is 56.3 Å². The van der Waals surface area contributed by atoms with Crippen LogP contribution in [0.25, 0.3) is 11.1 Å². The Bertz CT molecular complexity index is 908. The molecule has 3 rings (SSSR count). The molecular formula is C19H19BrN2O4. The Hall–Kier alpha value is -2.54. The van der Waals surface area contributed by atoms with Crippen LogP contribution in [0.1, 0.15) is 13.8 Å². The lowest BCUT2D eigenvalue weighted by molar-refractivity contribution is -0.150. The summed E-state index contributed by atoms with van der Waals surface area (Å²) >= 11 is 3.42. The first-order valence-electron chi connectivity index (χ1n) is 8.21. The molecule has 0 fully saturated rings. The van der Waals surface area contributed by atoms with E-state index in [1.54, 1.807) is 26.0 Å². The second-order valence-corrected chi connectivity index (χ2v) is 6.59. The van der Waals surface area contributed by atoms with Gasteiger partial charge in [0.25, 0.3) is 0 Å². The fraction of sp³-hybridized carbons (Fsp3) is 0.263. The molecule has 0 aliphatic carbocycles. The zero-order valence-electron chi connectivity index (χ0n) is 14.7. The highest BCUT2D eigenvalue weighted by Crippen LogP contribution is 2.29. The van der Waals surface area contributed by atoms with Crippen LogP contribution in [0.2, 0.25) is 0 Å². The minimum atomic E-state index is -0.658. The molecule has 3 aromatic rings. The van der Waals surface area contributed by atoms with Crippen molar-refractivity contribution < 1.29 is 18.7 Å². The second kappa shape index (κ2) is 7.78. The highest BCUT2D eigenvalue weighted by atomic mass is 79.9. The quantitative estimate of drug-likeness (QED) is 0.541. The summed E-state index contributed by atoms with van der Waals surface area (Å²) in [6.07, 6.45) is -0.658. The number of aromatic nitrogens is 1. The fourth-order valence-corrected chi connectivity index (χ4v) is 2.74. The van der Waals surface area contributed by atoms with Gasteiger partial charge in [0.1, 0.15) is 11.3 Å². The molecule has 136 valence electrons. The Morgan fingerprint density at radius 1 is 1.27 bits per heavy atom. The van der Waals surface area contributed by atoms with E-state index in [1.165, 1.54) is 0 Å². The normalized spacial score (nSPS) is 12.0. The van der Waals surface area contributed by atoms with E-state index in [0.29, 0.717) is 24.0 Å². The summed E-state index contributed by atoms with van der Waals surface area (Å²) in [6, 6.07) is 13.5. The summed E-state index contributed by atoms with van der Waals surface area (Å²) in [4.78, 5) is 18.0. The Labute approximate surface area is 159 Å². The fourth-order valence-electron chi connectivity index (χ4n) is 2.40. The molecule has 6 nitrogen and oxygen atoms in total. The molecule has 0 aliphatic heterocycles. The summed E-state index contributed by atoms with van der Waals surface area (Å²) in [7, 11) is 1.87. The number of carbonyl (C=O) groups excluding carboxylic acids is 1. The van der Waals surface area contributed by atoms with Gasteiger partial charge in [-0.3, -0.25) is 4.90 Å². The molecule has 0 N–H and O–H groups in total. The van der Waals surface area contributed by atoms with E-state index in [9.17, 15) is 4.79 Å². The van der Waals surface area contributed by atoms with Crippen LogP contribution in [0, 0.1) is 0 Å². The summed E-state index contributed by atoms with van der Waals surface area (Å²) < 4.78 is 17.3. The third kappa shape index (κ3) is 3.99. The van der Waals surface area contributed by atoms with Crippen molar-refractivity contribution >= 4 is 44.7 Å². The van der Waals surface area contributed by atoms with Crippen LogP contribution in [0.15, 0.2) is 51.4 Å². The van der Waals surface area contributed by atoms with Gasteiger partial charge in [0.15, 0.2) is 11.7 Å². The van der Waals surface area contributed by atoms with Crippen LogP contribution in [0.5, 0.6) is 5.75 Å². The lowest BCUT2D eigenvalue weighted by Crippen LogP contribution is -2.26. The molecule has 7 heteroatoms. The van der Waals surface area contributed by atoms with Gasteiger partial charge in [-0.1, -0.05) is 15.9 Å². The van der Waals surface area contributed by atoms with Crippen molar-refractivity contribution in [1.29, 1.82) is 0 Å². The van der Waals surface area contributed by atoms with Crippen molar-refractivity contribution in [1.82, 2.24) is 4.98 Å². The predicted octanol–water partition coefficient (Wildman–Crippen LogP) is 4.69. The van der Waals surface area contributed by atoms with Crippen molar-refractivity contribution in [2.45, 2.75) is 20.0 Å². The molecule has 0 amide bonds. The minimum Gasteiger partial charge on any atom is -0.479 e. The van der Waals surface area contributed by atoms with Crippen molar-refractivity contribution in [3.63, 3.8) is 0 Å². The van der Waals surface area contributed by atoms with Gasteiger partial charge in [-0.15, -0.1) is 0 Å². The first-order chi connectivity index (χ1) is 12.5. The molecule has 1 heterocycles. The number of esters is 1. The molecule has 26 heavy (non-hydrogen) atoms. The average molecular weight is 419 g/mol. The van der Waals surface area contributed by atoms with Crippen molar-refractivity contribution in [3.8, 4) is 5.75 Å². The topological polar surface area (TPSA) is 64.8 Å². The largest absolute Gasteiger partial charge is 0.479 e. The number of hydrogen-bond donors (Lipinski definition) is 0. The van der Waals surface area contributed by atoms with Crippen LogP contribution in [0.4, 0.5) is 11.7 Å². The Balaban J connectivity index is 1.73. The standard InChI is InChI=1S/C19H19BrN2O4/c1-4-24-18(23)12(2)25-15-8-6-14(7-9-15)22(3)19-21-16-10-5-13(20)11-17(16)26-19/h5-12H,4H2,1-3H3. The molecule has 1 aromatic heterocycles. The van der Waals surface area contributed by atoms with Crippen LogP contribution in [-0.4, -0.2) is 30.7 Å². The first kappa shape index (κ1) is 18.3. The van der Waals surface area contributed by atoms with Crippen molar-refractivity contribution in [2.24, 2.45) is 0 Å². The van der Waals surface area contributed by atoms with Crippen LogP contribution in [-0.2, 0) is 9.53 Å². The molecule has 0 bridgehead atoms. The predicted molar refractivity (Wildman–Crippen MR) is 103 cm³/mol. The number of fused-ring (bicyclic) bond motifs is 1. The van der Waals surface area contributed by atoms with Crippen molar-refractivity contribution in [2.75, 3.05) is 18.6 Å². The van der Waals surface area contributed by atoms with E-state index < -0.39 is 6.10 Å². The molecular weight excluding hydrogens is 400 g/mol. The summed E-state index contributed by atoms with van der Waals surface area (Å²) in [5.41, 5.74) is 2.38. The van der Waals surface area contributed by atoms with Gasteiger partial charge in [0.2, 0.25) is 0 Å². The molecule has 0 saturated carbocycles. The second-order valence-electron chi connectivity index (χ2n) is 5.67. The maximum atomic E-state index is 11.6. The Morgan fingerprint density at radius 2 is 2.00 bits per heavy atom. The molecule has 2 aromatic carbocycles. The van der Waals surface area contributed by atoms with E-state index in [4.69, 9.17) is 13.9 Å². The lowest BCUT2D eigenvalue weighted by atomic mass is 10.3. The van der Waals surface area contributed by atoms with Gasteiger partial charge >= 0.3 is 12.0 Å². The number of oxazole rings is 1. The van der Waals surface area contributed by atoms with Crippen LogP contribution in [0.3, 0.4) is 0 Å². The van der Waals surface area contributed by atoms with Gasteiger partial charge in [0, 0.05) is 17.2 Å². The summed E-state index contributed by atoms with van der Waals surface area (Å²) in [5, 5.41) is 0. The third-order valence-corrected chi connectivity index (χ3v) is 4.27. The van der Waals surface area contributed by atoms with Gasteiger partial charge in [-0.2, -0.15) is 4.98 Å². The lowest BCUT2D eigenvalue weighted by Gasteiger charge is -2.16. The van der Waals surface area contributed by atoms with Crippen LogP contribution >= 0.6 is 15.9 Å². The maximum Gasteiger partial charge on any atom is 0.347 e. The number of anilines is 2. The van der Waals surface area contributed by atoms with Crippen LogP contribution < -0.4 is 9.64 Å². The SMILES string of the molecule is CCOC(=O)C(C)Oc1ccc(N(C)c2nc3ccc(Br)cc3o2)cc1. The smallest absolute Gasteiger partial charge is 0.347 e. The zero-order chi connectivity index (χ0) is 18.7. The summed E-state index contributed by atoms with van der Waals surface area (Å²) in [5.74, 6) is 0.204. The van der Waals surface area contributed by atoms with Gasteiger partial charge in [0.05, 0.1) is 6.61 Å². The number of carbonyl (C=O) groups is 1. The minimum absolute atomic E-state index is 0.331. The molecule has 0 saturated heterocycles. The van der Waals surface area contributed by atoms with E-state index in [0.717, 1.165) is 15.7 Å². The van der Waals surface area contributed by atoms with Crippen molar-refractivity contribution in [3.05, 3.63) is 46.9 Å².